The minimum atomic E-state index is -4.72. The van der Waals surface area contributed by atoms with Crippen molar-refractivity contribution in [1.29, 1.82) is 0 Å². The number of alkyl halides is 3. The molecule has 3 nitrogen and oxygen atoms in total. The van der Waals surface area contributed by atoms with Crippen LogP contribution in [0.15, 0.2) is 12.1 Å². The van der Waals surface area contributed by atoms with E-state index in [0.29, 0.717) is 6.07 Å². The van der Waals surface area contributed by atoms with Crippen LogP contribution in [0.4, 0.5) is 17.6 Å². The van der Waals surface area contributed by atoms with E-state index in [1.54, 1.807) is 27.7 Å². The van der Waals surface area contributed by atoms with Gasteiger partial charge >= 0.3 is 13.3 Å². The smallest absolute Gasteiger partial charge is 0.398 e. The van der Waals surface area contributed by atoms with Gasteiger partial charge in [0.2, 0.25) is 0 Å². The molecule has 8 heteroatoms. The van der Waals surface area contributed by atoms with Crippen LogP contribution in [-0.4, -0.2) is 23.3 Å². The van der Waals surface area contributed by atoms with Crippen molar-refractivity contribution in [2.24, 2.45) is 0 Å². The van der Waals surface area contributed by atoms with Crippen LogP contribution in [0.2, 0.25) is 0 Å². The predicted molar refractivity (Wildman–Crippen MR) is 64.9 cm³/mol. The van der Waals surface area contributed by atoms with Crippen molar-refractivity contribution in [2.75, 3.05) is 0 Å². The SMILES string of the molecule is CC1(C)OB(c2cc(F)cc(C(F)(F)F)n2)OC1(C)C. The Morgan fingerprint density at radius 2 is 1.55 bits per heavy atom. The lowest BCUT2D eigenvalue weighted by molar-refractivity contribution is -0.141. The van der Waals surface area contributed by atoms with E-state index in [2.05, 4.69) is 4.98 Å². The van der Waals surface area contributed by atoms with E-state index < -0.39 is 36.0 Å². The number of pyridine rings is 1. The molecule has 0 saturated carbocycles. The molecule has 2 rings (SSSR count). The lowest BCUT2D eigenvalue weighted by Gasteiger charge is -2.32. The largest absolute Gasteiger partial charge is 0.514 e. The molecule has 1 aromatic heterocycles. The zero-order valence-electron chi connectivity index (χ0n) is 11.5. The van der Waals surface area contributed by atoms with Crippen molar-refractivity contribution in [2.45, 2.75) is 45.1 Å². The Labute approximate surface area is 114 Å². The minimum Gasteiger partial charge on any atom is -0.398 e. The van der Waals surface area contributed by atoms with E-state index in [0.717, 1.165) is 6.07 Å². The van der Waals surface area contributed by atoms with Crippen LogP contribution in [0, 0.1) is 5.82 Å². The molecule has 0 radical (unpaired) electrons. The average molecular weight is 291 g/mol. The van der Waals surface area contributed by atoms with Crippen LogP contribution < -0.4 is 5.59 Å². The van der Waals surface area contributed by atoms with Gasteiger partial charge in [-0.25, -0.2) is 4.39 Å². The molecule has 0 unspecified atom stereocenters. The summed E-state index contributed by atoms with van der Waals surface area (Å²) >= 11 is 0. The van der Waals surface area contributed by atoms with Crippen molar-refractivity contribution in [3.05, 3.63) is 23.6 Å². The molecule has 2 heterocycles. The van der Waals surface area contributed by atoms with E-state index >= 15 is 0 Å². The molecule has 0 N–H and O–H groups in total. The maximum absolute atomic E-state index is 13.3. The van der Waals surface area contributed by atoms with E-state index in [4.69, 9.17) is 9.31 Å². The van der Waals surface area contributed by atoms with Crippen molar-refractivity contribution in [3.8, 4) is 0 Å². The first kappa shape index (κ1) is 15.2. The van der Waals surface area contributed by atoms with Gasteiger partial charge in [0.05, 0.1) is 16.8 Å². The third-order valence-corrected chi connectivity index (χ3v) is 3.60. The number of halogens is 4. The van der Waals surface area contributed by atoms with Gasteiger partial charge < -0.3 is 9.31 Å². The number of nitrogens with zero attached hydrogens (tertiary/aromatic N) is 1. The van der Waals surface area contributed by atoms with Gasteiger partial charge in [0.15, 0.2) is 0 Å². The van der Waals surface area contributed by atoms with E-state index in [-0.39, 0.29) is 5.59 Å². The normalized spacial score (nSPS) is 21.3. The Morgan fingerprint density at radius 1 is 1.05 bits per heavy atom. The molecular formula is C12H14BF4NO2. The maximum atomic E-state index is 13.3. The molecule has 0 spiro atoms. The third kappa shape index (κ3) is 2.67. The second-order valence-electron chi connectivity index (χ2n) is 5.68. The molecule has 1 fully saturated rings. The lowest BCUT2D eigenvalue weighted by Crippen LogP contribution is -2.41. The van der Waals surface area contributed by atoms with Gasteiger partial charge in [-0.3, -0.25) is 4.98 Å². The van der Waals surface area contributed by atoms with Crippen LogP contribution in [-0.2, 0) is 15.5 Å². The van der Waals surface area contributed by atoms with Crippen molar-refractivity contribution < 1.29 is 26.9 Å². The molecule has 0 aromatic carbocycles. The number of hydrogen-bond acceptors (Lipinski definition) is 3. The Kier molecular flexibility index (Phi) is 3.37. The summed E-state index contributed by atoms with van der Waals surface area (Å²) in [4.78, 5) is 3.40. The van der Waals surface area contributed by atoms with Gasteiger partial charge in [0, 0.05) is 6.07 Å². The molecule has 0 amide bonds. The summed E-state index contributed by atoms with van der Waals surface area (Å²) in [6.45, 7) is 6.99. The molecule has 1 aliphatic rings. The van der Waals surface area contributed by atoms with Gasteiger partial charge in [-0.15, -0.1) is 0 Å². The Hall–Kier alpha value is -1.15. The lowest BCUT2D eigenvalue weighted by atomic mass is 9.84. The monoisotopic (exact) mass is 291 g/mol. The predicted octanol–water partition coefficient (Wildman–Crippen LogP) is 2.54. The highest BCUT2D eigenvalue weighted by Crippen LogP contribution is 2.36. The van der Waals surface area contributed by atoms with Crippen LogP contribution in [0.1, 0.15) is 33.4 Å². The topological polar surface area (TPSA) is 31.4 Å². The first-order valence-electron chi connectivity index (χ1n) is 6.03. The van der Waals surface area contributed by atoms with Crippen LogP contribution >= 0.6 is 0 Å². The summed E-state index contributed by atoms with van der Waals surface area (Å²) < 4.78 is 62.3. The quantitative estimate of drug-likeness (QED) is 0.588. The molecule has 0 atom stereocenters. The van der Waals surface area contributed by atoms with E-state index in [1.165, 1.54) is 0 Å². The Morgan fingerprint density at radius 3 is 2.00 bits per heavy atom. The molecular weight excluding hydrogens is 277 g/mol. The van der Waals surface area contributed by atoms with Gasteiger partial charge in [-0.05, 0) is 33.8 Å². The second-order valence-corrected chi connectivity index (χ2v) is 5.68. The summed E-state index contributed by atoms with van der Waals surface area (Å²) in [6, 6.07) is 1.23. The minimum absolute atomic E-state index is 0.226. The fourth-order valence-electron chi connectivity index (χ4n) is 1.75. The molecule has 20 heavy (non-hydrogen) atoms. The van der Waals surface area contributed by atoms with Gasteiger partial charge in [-0.1, -0.05) is 0 Å². The standard InChI is InChI=1S/C12H14BF4NO2/c1-10(2)11(3,4)20-13(19-10)9-6-7(14)5-8(18-9)12(15,16)17/h5-6H,1-4H3. The fourth-order valence-corrected chi connectivity index (χ4v) is 1.75. The van der Waals surface area contributed by atoms with E-state index in [1.807, 2.05) is 0 Å². The van der Waals surface area contributed by atoms with Crippen LogP contribution in [0.25, 0.3) is 0 Å². The van der Waals surface area contributed by atoms with Gasteiger partial charge in [-0.2, -0.15) is 13.2 Å². The summed E-state index contributed by atoms with van der Waals surface area (Å²) in [5.74, 6) is -1.03. The first-order valence-corrected chi connectivity index (χ1v) is 6.03. The highest BCUT2D eigenvalue weighted by atomic mass is 19.4. The highest BCUT2D eigenvalue weighted by molar-refractivity contribution is 6.61. The summed E-state index contributed by atoms with van der Waals surface area (Å²) in [5.41, 5.74) is -2.99. The van der Waals surface area contributed by atoms with Crippen molar-refractivity contribution in [1.82, 2.24) is 4.98 Å². The first-order chi connectivity index (χ1) is 8.92. The molecule has 1 saturated heterocycles. The van der Waals surface area contributed by atoms with Crippen LogP contribution in [0.3, 0.4) is 0 Å². The van der Waals surface area contributed by atoms with Crippen LogP contribution in [0.5, 0.6) is 0 Å². The fraction of sp³-hybridized carbons (Fsp3) is 0.583. The van der Waals surface area contributed by atoms with E-state index in [9.17, 15) is 17.6 Å². The molecule has 110 valence electrons. The Bertz CT molecular complexity index is 515. The van der Waals surface area contributed by atoms with Gasteiger partial charge in [0.25, 0.3) is 0 Å². The van der Waals surface area contributed by atoms with Crippen molar-refractivity contribution in [3.63, 3.8) is 0 Å². The molecule has 1 aromatic rings. The summed E-state index contributed by atoms with van der Waals surface area (Å²) in [6.07, 6.45) is -4.72. The maximum Gasteiger partial charge on any atom is 0.514 e. The highest BCUT2D eigenvalue weighted by Gasteiger charge is 2.52. The number of hydrogen-bond donors (Lipinski definition) is 0. The average Bonchev–Trinajstić information content (AvgIpc) is 2.46. The molecule has 0 bridgehead atoms. The molecule has 1 aliphatic heterocycles. The Balaban J connectivity index is 2.38. The zero-order chi connectivity index (χ0) is 15.3. The number of rotatable bonds is 1. The summed E-state index contributed by atoms with van der Waals surface area (Å²) in [5, 5.41) is 0. The number of aromatic nitrogens is 1. The van der Waals surface area contributed by atoms with Crippen molar-refractivity contribution >= 4 is 12.7 Å². The second kappa shape index (κ2) is 4.43. The zero-order valence-corrected chi connectivity index (χ0v) is 11.5. The third-order valence-electron chi connectivity index (χ3n) is 3.60. The van der Waals surface area contributed by atoms with Gasteiger partial charge in [0.1, 0.15) is 11.5 Å². The summed E-state index contributed by atoms with van der Waals surface area (Å²) in [7, 11) is -1.13. The molecule has 0 aliphatic carbocycles.